The lowest BCUT2D eigenvalue weighted by atomic mass is 10.2. The average molecular weight is 280 g/mol. The Hall–Kier alpha value is -2.89. The van der Waals surface area contributed by atoms with Crippen LogP contribution in [0.5, 0.6) is 0 Å². The van der Waals surface area contributed by atoms with E-state index in [1.54, 1.807) is 6.20 Å². The third-order valence-corrected chi connectivity index (χ3v) is 3.02. The first-order chi connectivity index (χ1) is 10.3. The lowest BCUT2D eigenvalue weighted by Gasteiger charge is -2.04. The van der Waals surface area contributed by atoms with Crippen LogP contribution in [0.4, 0.5) is 17.3 Å². The van der Waals surface area contributed by atoms with Crippen LogP contribution in [-0.4, -0.2) is 26.8 Å². The van der Waals surface area contributed by atoms with Gasteiger partial charge in [-0.3, -0.25) is 4.68 Å². The third-order valence-electron chi connectivity index (χ3n) is 3.02. The van der Waals surface area contributed by atoms with Crippen LogP contribution in [0, 0.1) is 0 Å². The van der Waals surface area contributed by atoms with E-state index >= 15 is 0 Å². The average Bonchev–Trinajstić information content (AvgIpc) is 2.95. The van der Waals surface area contributed by atoms with Gasteiger partial charge in [-0.25, -0.2) is 9.97 Å². The van der Waals surface area contributed by atoms with Crippen molar-refractivity contribution in [2.75, 3.05) is 17.7 Å². The van der Waals surface area contributed by atoms with Crippen LogP contribution < -0.4 is 10.6 Å². The van der Waals surface area contributed by atoms with Crippen LogP contribution in [0.25, 0.3) is 0 Å². The maximum Gasteiger partial charge on any atom is 0.135 e. The molecule has 0 aliphatic rings. The molecule has 6 nitrogen and oxygen atoms in total. The number of anilines is 3. The van der Waals surface area contributed by atoms with Crippen molar-refractivity contribution in [2.24, 2.45) is 0 Å². The first kappa shape index (κ1) is 13.1. The molecule has 0 fully saturated rings. The molecule has 0 atom stereocenters. The molecule has 2 N–H and O–H groups in total. The number of aromatic nitrogens is 4. The van der Waals surface area contributed by atoms with Crippen molar-refractivity contribution >= 4 is 17.3 Å². The maximum atomic E-state index is 4.35. The quantitative estimate of drug-likeness (QED) is 0.751. The zero-order valence-corrected chi connectivity index (χ0v) is 11.7. The molecular formula is C15H16N6. The molecular weight excluding hydrogens is 264 g/mol. The second-order valence-corrected chi connectivity index (χ2v) is 4.58. The Balaban J connectivity index is 1.70. The van der Waals surface area contributed by atoms with Crippen molar-refractivity contribution < 1.29 is 0 Å². The second kappa shape index (κ2) is 6.04. The fourth-order valence-electron chi connectivity index (χ4n) is 2.00. The molecule has 21 heavy (non-hydrogen) atoms. The molecule has 0 spiro atoms. The summed E-state index contributed by atoms with van der Waals surface area (Å²) in [6.45, 7) is 0.744. The van der Waals surface area contributed by atoms with Gasteiger partial charge in [0.1, 0.15) is 18.0 Å². The van der Waals surface area contributed by atoms with E-state index in [-0.39, 0.29) is 0 Å². The number of rotatable bonds is 5. The van der Waals surface area contributed by atoms with E-state index < -0.39 is 0 Å². The molecule has 0 amide bonds. The smallest absolute Gasteiger partial charge is 0.135 e. The lowest BCUT2D eigenvalue weighted by Crippen LogP contribution is -1.99. The van der Waals surface area contributed by atoms with Gasteiger partial charge >= 0.3 is 0 Å². The van der Waals surface area contributed by atoms with Crippen molar-refractivity contribution in [2.45, 2.75) is 6.54 Å². The predicted molar refractivity (Wildman–Crippen MR) is 82.6 cm³/mol. The monoisotopic (exact) mass is 280 g/mol. The van der Waals surface area contributed by atoms with Crippen LogP contribution in [-0.2, 0) is 6.54 Å². The summed E-state index contributed by atoms with van der Waals surface area (Å²) in [4.78, 5) is 8.25. The molecule has 0 aliphatic heterocycles. The van der Waals surface area contributed by atoms with E-state index in [0.717, 1.165) is 23.9 Å². The van der Waals surface area contributed by atoms with Gasteiger partial charge in [0, 0.05) is 19.3 Å². The summed E-state index contributed by atoms with van der Waals surface area (Å²) in [7, 11) is 1.82. The molecule has 3 aromatic rings. The van der Waals surface area contributed by atoms with Gasteiger partial charge in [0.25, 0.3) is 0 Å². The van der Waals surface area contributed by atoms with Gasteiger partial charge in [0.2, 0.25) is 0 Å². The number of benzene rings is 1. The van der Waals surface area contributed by atoms with E-state index in [1.807, 2.05) is 42.2 Å². The summed E-state index contributed by atoms with van der Waals surface area (Å²) in [5.41, 5.74) is 2.11. The normalized spacial score (nSPS) is 10.3. The fourth-order valence-corrected chi connectivity index (χ4v) is 2.00. The Bertz CT molecular complexity index is 707. The highest BCUT2D eigenvalue weighted by Gasteiger charge is 2.02. The molecule has 1 aromatic carbocycles. The van der Waals surface area contributed by atoms with E-state index in [2.05, 4.69) is 37.8 Å². The zero-order valence-electron chi connectivity index (χ0n) is 11.7. The molecule has 106 valence electrons. The Morgan fingerprint density at radius 2 is 1.90 bits per heavy atom. The molecule has 0 saturated carbocycles. The van der Waals surface area contributed by atoms with Crippen molar-refractivity contribution in [3.05, 3.63) is 60.7 Å². The maximum absolute atomic E-state index is 4.35. The molecule has 6 heteroatoms. The molecule has 2 heterocycles. The van der Waals surface area contributed by atoms with Crippen molar-refractivity contribution in [1.82, 2.24) is 19.7 Å². The Morgan fingerprint density at radius 3 is 2.71 bits per heavy atom. The van der Waals surface area contributed by atoms with Gasteiger partial charge in [-0.15, -0.1) is 0 Å². The topological polar surface area (TPSA) is 67.7 Å². The molecule has 0 aliphatic carbocycles. The predicted octanol–water partition coefficient (Wildman–Crippen LogP) is 2.51. The van der Waals surface area contributed by atoms with Crippen molar-refractivity contribution in [3.63, 3.8) is 0 Å². The number of hydrogen-bond donors (Lipinski definition) is 2. The van der Waals surface area contributed by atoms with E-state index in [0.29, 0.717) is 0 Å². The molecule has 0 saturated heterocycles. The summed E-state index contributed by atoms with van der Waals surface area (Å²) in [6, 6.07) is 12.1. The van der Waals surface area contributed by atoms with Crippen LogP contribution in [0.3, 0.4) is 0 Å². The highest BCUT2D eigenvalue weighted by Crippen LogP contribution is 2.15. The summed E-state index contributed by atoms with van der Waals surface area (Å²) in [6.07, 6.45) is 5.25. The van der Waals surface area contributed by atoms with Crippen molar-refractivity contribution in [1.29, 1.82) is 0 Å². The third kappa shape index (κ3) is 3.36. The highest BCUT2D eigenvalue weighted by molar-refractivity contribution is 5.57. The van der Waals surface area contributed by atoms with Crippen LogP contribution in [0.1, 0.15) is 5.56 Å². The molecule has 2 aromatic heterocycles. The molecule has 0 radical (unpaired) electrons. The van der Waals surface area contributed by atoms with Crippen LogP contribution >= 0.6 is 0 Å². The standard InChI is InChI=1S/C15H16N6/c1-16-14-7-15(18-11-17-14)20-13-8-19-21(10-13)9-12-5-3-2-4-6-12/h2-8,10-11H,9H2,1H3,(H2,16,17,18,20). The summed E-state index contributed by atoms with van der Waals surface area (Å²) in [5, 5.41) is 10.5. The van der Waals surface area contributed by atoms with E-state index in [9.17, 15) is 0 Å². The number of nitrogens with zero attached hydrogens (tertiary/aromatic N) is 4. The summed E-state index contributed by atoms with van der Waals surface area (Å²) >= 11 is 0. The van der Waals surface area contributed by atoms with Crippen LogP contribution in [0.15, 0.2) is 55.1 Å². The van der Waals surface area contributed by atoms with Gasteiger partial charge in [-0.1, -0.05) is 30.3 Å². The van der Waals surface area contributed by atoms with Gasteiger partial charge in [0.15, 0.2) is 0 Å². The second-order valence-electron chi connectivity index (χ2n) is 4.58. The van der Waals surface area contributed by atoms with Gasteiger partial charge < -0.3 is 10.6 Å². The van der Waals surface area contributed by atoms with E-state index in [1.165, 1.54) is 11.9 Å². The van der Waals surface area contributed by atoms with Crippen molar-refractivity contribution in [3.8, 4) is 0 Å². The first-order valence-electron chi connectivity index (χ1n) is 6.67. The zero-order chi connectivity index (χ0) is 14.5. The number of nitrogens with one attached hydrogen (secondary N) is 2. The minimum Gasteiger partial charge on any atom is -0.373 e. The minimum atomic E-state index is 0.730. The summed E-state index contributed by atoms with van der Waals surface area (Å²) in [5.74, 6) is 1.50. The van der Waals surface area contributed by atoms with Crippen LogP contribution in [0.2, 0.25) is 0 Å². The fraction of sp³-hybridized carbons (Fsp3) is 0.133. The summed E-state index contributed by atoms with van der Waals surface area (Å²) < 4.78 is 1.89. The van der Waals surface area contributed by atoms with Gasteiger partial charge in [0.05, 0.1) is 18.4 Å². The number of hydrogen-bond acceptors (Lipinski definition) is 5. The Labute approximate surface area is 122 Å². The molecule has 0 unspecified atom stereocenters. The van der Waals surface area contributed by atoms with E-state index in [4.69, 9.17) is 0 Å². The molecule has 3 rings (SSSR count). The highest BCUT2D eigenvalue weighted by atomic mass is 15.3. The lowest BCUT2D eigenvalue weighted by molar-refractivity contribution is 0.687. The van der Waals surface area contributed by atoms with Gasteiger partial charge in [-0.05, 0) is 5.56 Å². The Kier molecular flexibility index (Phi) is 3.77. The minimum absolute atomic E-state index is 0.730. The SMILES string of the molecule is CNc1cc(Nc2cnn(Cc3ccccc3)c2)ncn1. The Morgan fingerprint density at radius 1 is 1.10 bits per heavy atom. The first-order valence-corrected chi connectivity index (χ1v) is 6.67. The largest absolute Gasteiger partial charge is 0.373 e. The molecule has 0 bridgehead atoms. The van der Waals surface area contributed by atoms with Gasteiger partial charge in [-0.2, -0.15) is 5.10 Å².